The van der Waals surface area contributed by atoms with Crippen molar-refractivity contribution >= 4 is 0 Å². The third-order valence-electron chi connectivity index (χ3n) is 2.60. The molecule has 2 heterocycles. The molecule has 3 heteroatoms. The second-order valence-corrected chi connectivity index (χ2v) is 3.42. The Labute approximate surface area is 65.0 Å². The molecule has 2 atom stereocenters. The predicted molar refractivity (Wildman–Crippen MR) is 39.3 cm³/mol. The van der Waals surface area contributed by atoms with Crippen LogP contribution in [0.2, 0.25) is 0 Å². The number of rotatable bonds is 0. The van der Waals surface area contributed by atoms with Crippen LogP contribution in [-0.4, -0.2) is 16.4 Å². The van der Waals surface area contributed by atoms with E-state index in [-0.39, 0.29) is 0 Å². The average Bonchev–Trinajstić information content (AvgIpc) is 2.62. The Morgan fingerprint density at radius 1 is 1.55 bits per heavy atom. The van der Waals surface area contributed by atoms with E-state index in [1.54, 1.807) is 6.20 Å². The van der Waals surface area contributed by atoms with Crippen molar-refractivity contribution in [2.24, 2.45) is 11.8 Å². The highest BCUT2D eigenvalue weighted by Gasteiger charge is 2.40. The minimum Gasteiger partial charge on any atom is -0.478 e. The van der Waals surface area contributed by atoms with Crippen LogP contribution in [-0.2, 0) is 6.54 Å². The van der Waals surface area contributed by atoms with E-state index >= 15 is 0 Å². The van der Waals surface area contributed by atoms with E-state index in [9.17, 15) is 0 Å². The molecule has 1 aliphatic heterocycles. The van der Waals surface area contributed by atoms with Crippen LogP contribution in [0.15, 0.2) is 12.3 Å². The molecule has 1 aromatic heterocycles. The summed E-state index contributed by atoms with van der Waals surface area (Å²) in [6.07, 6.45) is 3.14. The van der Waals surface area contributed by atoms with Gasteiger partial charge in [0.15, 0.2) is 0 Å². The summed E-state index contributed by atoms with van der Waals surface area (Å²) in [6, 6.07) is 1.94. The summed E-state index contributed by atoms with van der Waals surface area (Å²) in [6.45, 7) is 1.96. The summed E-state index contributed by atoms with van der Waals surface area (Å²) >= 11 is 0. The quantitative estimate of drug-likeness (QED) is 0.549. The minimum absolute atomic E-state index is 0.816. The van der Waals surface area contributed by atoms with Gasteiger partial charge in [-0.3, -0.25) is 0 Å². The second-order valence-electron chi connectivity index (χ2n) is 3.42. The maximum Gasteiger partial charge on any atom is 0.211 e. The van der Waals surface area contributed by atoms with Crippen molar-refractivity contribution in [3.8, 4) is 5.88 Å². The van der Waals surface area contributed by atoms with E-state index in [1.165, 1.54) is 6.42 Å². The van der Waals surface area contributed by atoms with Gasteiger partial charge in [0, 0.05) is 12.6 Å². The first-order valence-electron chi connectivity index (χ1n) is 4.08. The topological polar surface area (TPSA) is 27.1 Å². The molecule has 0 amide bonds. The molecule has 0 bridgehead atoms. The molecule has 1 aromatic rings. The van der Waals surface area contributed by atoms with Crippen LogP contribution in [0, 0.1) is 11.8 Å². The maximum atomic E-state index is 5.54. The van der Waals surface area contributed by atoms with Gasteiger partial charge >= 0.3 is 0 Å². The van der Waals surface area contributed by atoms with Crippen molar-refractivity contribution in [1.29, 1.82) is 0 Å². The molecular formula is C8H10N2O. The first-order valence-corrected chi connectivity index (χ1v) is 4.08. The second kappa shape index (κ2) is 1.78. The highest BCUT2D eigenvalue weighted by Crippen LogP contribution is 2.42. The Morgan fingerprint density at radius 3 is 3.55 bits per heavy atom. The zero-order valence-electron chi connectivity index (χ0n) is 6.23. The van der Waals surface area contributed by atoms with E-state index < -0.39 is 0 Å². The summed E-state index contributed by atoms with van der Waals surface area (Å²) in [7, 11) is 0. The van der Waals surface area contributed by atoms with Gasteiger partial charge in [0.25, 0.3) is 0 Å². The van der Waals surface area contributed by atoms with Gasteiger partial charge in [0.05, 0.1) is 12.8 Å². The fourth-order valence-electron chi connectivity index (χ4n) is 1.73. The standard InChI is InChI=1S/C8H10N2O/c1-2-9-10-4-6-3-7(6)5-11-8(1)10/h1-2,6-7H,3-5H2. The van der Waals surface area contributed by atoms with E-state index in [4.69, 9.17) is 4.74 Å². The van der Waals surface area contributed by atoms with E-state index in [0.717, 1.165) is 30.9 Å². The minimum atomic E-state index is 0.816. The van der Waals surface area contributed by atoms with Crippen LogP contribution < -0.4 is 4.74 Å². The summed E-state index contributed by atoms with van der Waals surface area (Å²) in [5.74, 6) is 2.60. The molecule has 2 aliphatic rings. The van der Waals surface area contributed by atoms with Crippen molar-refractivity contribution in [2.45, 2.75) is 13.0 Å². The number of fused-ring (bicyclic) bond motifs is 2. The van der Waals surface area contributed by atoms with Crippen molar-refractivity contribution in [1.82, 2.24) is 9.78 Å². The van der Waals surface area contributed by atoms with Crippen LogP contribution in [0.4, 0.5) is 0 Å². The summed E-state index contributed by atoms with van der Waals surface area (Å²) in [5, 5.41) is 4.19. The molecule has 0 spiro atoms. The summed E-state index contributed by atoms with van der Waals surface area (Å²) in [5.41, 5.74) is 0. The van der Waals surface area contributed by atoms with Gasteiger partial charge in [-0.2, -0.15) is 5.10 Å². The monoisotopic (exact) mass is 150 g/mol. The molecule has 3 rings (SSSR count). The molecule has 0 saturated heterocycles. The lowest BCUT2D eigenvalue weighted by molar-refractivity contribution is 0.285. The lowest BCUT2D eigenvalue weighted by Crippen LogP contribution is -2.02. The number of hydrogen-bond acceptors (Lipinski definition) is 2. The fraction of sp³-hybridized carbons (Fsp3) is 0.625. The van der Waals surface area contributed by atoms with Gasteiger partial charge in [-0.05, 0) is 18.3 Å². The smallest absolute Gasteiger partial charge is 0.211 e. The van der Waals surface area contributed by atoms with E-state index in [2.05, 4.69) is 5.10 Å². The van der Waals surface area contributed by atoms with E-state index in [1.807, 2.05) is 10.7 Å². The average molecular weight is 150 g/mol. The Kier molecular flexibility index (Phi) is 0.913. The van der Waals surface area contributed by atoms with Crippen molar-refractivity contribution in [3.63, 3.8) is 0 Å². The van der Waals surface area contributed by atoms with Crippen molar-refractivity contribution in [2.75, 3.05) is 6.61 Å². The number of nitrogens with zero attached hydrogens (tertiary/aromatic N) is 2. The van der Waals surface area contributed by atoms with E-state index in [0.29, 0.717) is 0 Å². The molecule has 0 N–H and O–H groups in total. The molecule has 0 aromatic carbocycles. The highest BCUT2D eigenvalue weighted by molar-refractivity contribution is 5.10. The SMILES string of the molecule is c1cc2n(n1)CC1CC1CO2. The normalized spacial score (nSPS) is 33.1. The van der Waals surface area contributed by atoms with Crippen LogP contribution in [0.1, 0.15) is 6.42 Å². The Morgan fingerprint density at radius 2 is 2.55 bits per heavy atom. The van der Waals surface area contributed by atoms with Crippen molar-refractivity contribution < 1.29 is 4.74 Å². The molecule has 0 radical (unpaired) electrons. The first-order chi connectivity index (χ1) is 5.43. The molecule has 3 nitrogen and oxygen atoms in total. The van der Waals surface area contributed by atoms with Crippen LogP contribution >= 0.6 is 0 Å². The summed E-state index contributed by atoms with van der Waals surface area (Å²) < 4.78 is 7.51. The zero-order chi connectivity index (χ0) is 7.26. The fourth-order valence-corrected chi connectivity index (χ4v) is 1.73. The van der Waals surface area contributed by atoms with Gasteiger partial charge in [-0.25, -0.2) is 4.68 Å². The molecule has 2 unspecified atom stereocenters. The molecule has 11 heavy (non-hydrogen) atoms. The van der Waals surface area contributed by atoms with Gasteiger partial charge < -0.3 is 4.74 Å². The zero-order valence-corrected chi connectivity index (χ0v) is 6.23. The Hall–Kier alpha value is -0.990. The van der Waals surface area contributed by atoms with Crippen LogP contribution in [0.25, 0.3) is 0 Å². The molecule has 1 fully saturated rings. The van der Waals surface area contributed by atoms with Crippen molar-refractivity contribution in [3.05, 3.63) is 12.3 Å². The van der Waals surface area contributed by atoms with Crippen LogP contribution in [0.3, 0.4) is 0 Å². The molecular weight excluding hydrogens is 140 g/mol. The number of ether oxygens (including phenoxy) is 1. The predicted octanol–water partition coefficient (Wildman–Crippen LogP) is 0.912. The highest BCUT2D eigenvalue weighted by atomic mass is 16.5. The van der Waals surface area contributed by atoms with Gasteiger partial charge in [0.1, 0.15) is 0 Å². The Bertz CT molecular complexity index is 281. The van der Waals surface area contributed by atoms with Gasteiger partial charge in [-0.1, -0.05) is 0 Å². The molecule has 1 saturated carbocycles. The lowest BCUT2D eigenvalue weighted by atomic mass is 10.3. The van der Waals surface area contributed by atoms with Gasteiger partial charge in [-0.15, -0.1) is 0 Å². The third-order valence-corrected chi connectivity index (χ3v) is 2.60. The number of hydrogen-bond donors (Lipinski definition) is 0. The number of aromatic nitrogens is 2. The largest absolute Gasteiger partial charge is 0.478 e. The lowest BCUT2D eigenvalue weighted by Gasteiger charge is -2.02. The first kappa shape index (κ1) is 5.63. The molecule has 58 valence electrons. The molecule has 1 aliphatic carbocycles. The third kappa shape index (κ3) is 0.768. The maximum absolute atomic E-state index is 5.54. The summed E-state index contributed by atoms with van der Waals surface area (Å²) in [4.78, 5) is 0. The van der Waals surface area contributed by atoms with Crippen LogP contribution in [0.5, 0.6) is 5.88 Å². The van der Waals surface area contributed by atoms with Gasteiger partial charge in [0.2, 0.25) is 5.88 Å². The Balaban J connectivity index is 1.98.